The molecule has 5 heteroatoms. The Bertz CT molecular complexity index is 629. The first-order valence-corrected chi connectivity index (χ1v) is 4.90. The number of H-pyrrole nitrogens is 1. The van der Waals surface area contributed by atoms with Gasteiger partial charge in [-0.25, -0.2) is 4.98 Å². The quantitative estimate of drug-likeness (QED) is 0.586. The minimum Gasteiger partial charge on any atom is -0.393 e. The summed E-state index contributed by atoms with van der Waals surface area (Å²) in [7, 11) is 0. The molecule has 78 valence electrons. The molecule has 0 aromatic carbocycles. The molecular weight excluding hydrogens is 202 g/mol. The molecule has 3 aromatic heterocycles. The summed E-state index contributed by atoms with van der Waals surface area (Å²) in [5, 5.41) is 7.55. The normalized spacial score (nSPS) is 10.8. The minimum absolute atomic E-state index is 0.676. The number of hydrogen-bond acceptors (Lipinski definition) is 3. The molecule has 0 fully saturated rings. The summed E-state index contributed by atoms with van der Waals surface area (Å²) in [6.07, 6.45) is 7.28. The molecule has 0 atom stereocenters. The van der Waals surface area contributed by atoms with Crippen molar-refractivity contribution < 1.29 is 4.57 Å². The molecule has 16 heavy (non-hydrogen) atoms. The second kappa shape index (κ2) is 3.30. The van der Waals surface area contributed by atoms with Gasteiger partial charge in [-0.1, -0.05) is 6.07 Å². The summed E-state index contributed by atoms with van der Waals surface area (Å²) in [4.78, 5) is 4.26. The molecule has 0 aliphatic rings. The van der Waals surface area contributed by atoms with Crippen molar-refractivity contribution in [3.05, 3.63) is 43.0 Å². The van der Waals surface area contributed by atoms with E-state index in [1.54, 1.807) is 12.4 Å². The predicted molar refractivity (Wildman–Crippen MR) is 59.8 cm³/mol. The van der Waals surface area contributed by atoms with Gasteiger partial charge in [0.2, 0.25) is 0 Å². The molecule has 3 heterocycles. The van der Waals surface area contributed by atoms with Gasteiger partial charge >= 0.3 is 0 Å². The van der Waals surface area contributed by atoms with E-state index in [0.29, 0.717) is 11.3 Å². The molecule has 0 saturated heterocycles. The number of nitrogen functional groups attached to an aromatic ring is 1. The summed E-state index contributed by atoms with van der Waals surface area (Å²) in [5.74, 6) is 0. The predicted octanol–water partition coefficient (Wildman–Crippen LogP) is 0.817. The first kappa shape index (κ1) is 8.84. The molecule has 3 rings (SSSR count). The highest BCUT2D eigenvalue weighted by Gasteiger charge is 2.14. The third-order valence-electron chi connectivity index (χ3n) is 2.50. The van der Waals surface area contributed by atoms with Crippen molar-refractivity contribution in [3.8, 4) is 5.69 Å². The van der Waals surface area contributed by atoms with E-state index in [1.165, 1.54) is 0 Å². The number of nitrogens with two attached hydrogens (primary N) is 1. The van der Waals surface area contributed by atoms with Crippen molar-refractivity contribution >= 4 is 16.7 Å². The largest absolute Gasteiger partial charge is 0.393 e. The van der Waals surface area contributed by atoms with Gasteiger partial charge in [0.05, 0.1) is 11.6 Å². The molecule has 3 aromatic rings. The Morgan fingerprint density at radius 1 is 1.12 bits per heavy atom. The summed E-state index contributed by atoms with van der Waals surface area (Å²) < 4.78 is 1.93. The van der Waals surface area contributed by atoms with Gasteiger partial charge in [-0.05, 0) is 0 Å². The number of nitrogens with zero attached hydrogens (tertiary/aromatic N) is 3. The van der Waals surface area contributed by atoms with E-state index in [4.69, 9.17) is 5.73 Å². The van der Waals surface area contributed by atoms with Crippen LogP contribution in [0.2, 0.25) is 0 Å². The van der Waals surface area contributed by atoms with E-state index in [2.05, 4.69) is 15.2 Å². The Morgan fingerprint density at radius 3 is 2.75 bits per heavy atom. The van der Waals surface area contributed by atoms with Crippen molar-refractivity contribution in [3.63, 3.8) is 0 Å². The smallest absolute Gasteiger partial charge is 0.253 e. The Kier molecular flexibility index (Phi) is 1.83. The van der Waals surface area contributed by atoms with Gasteiger partial charge in [-0.3, -0.25) is 5.10 Å². The molecule has 0 saturated carbocycles. The van der Waals surface area contributed by atoms with Gasteiger partial charge in [0, 0.05) is 12.1 Å². The topological polar surface area (TPSA) is 71.5 Å². The Hall–Kier alpha value is -2.43. The fraction of sp³-hybridized carbons (Fsp3) is 0. The number of aromatic amines is 1. The van der Waals surface area contributed by atoms with Crippen LogP contribution in [0.1, 0.15) is 0 Å². The van der Waals surface area contributed by atoms with Crippen LogP contribution in [0, 0.1) is 0 Å². The van der Waals surface area contributed by atoms with Gasteiger partial charge in [0.25, 0.3) is 5.69 Å². The molecule has 0 amide bonds. The maximum atomic E-state index is 6.07. The molecule has 0 bridgehead atoms. The first-order valence-electron chi connectivity index (χ1n) is 4.90. The van der Waals surface area contributed by atoms with E-state index in [0.717, 1.165) is 11.1 Å². The van der Waals surface area contributed by atoms with Crippen LogP contribution in [-0.2, 0) is 0 Å². The fourth-order valence-electron chi connectivity index (χ4n) is 1.67. The highest BCUT2D eigenvalue weighted by molar-refractivity contribution is 5.90. The van der Waals surface area contributed by atoms with Crippen LogP contribution in [0.4, 0.5) is 5.69 Å². The zero-order valence-electron chi connectivity index (χ0n) is 8.46. The van der Waals surface area contributed by atoms with E-state index in [9.17, 15) is 0 Å². The molecule has 0 radical (unpaired) electrons. The highest BCUT2D eigenvalue weighted by Crippen LogP contribution is 2.20. The van der Waals surface area contributed by atoms with Crippen molar-refractivity contribution in [1.82, 2.24) is 15.2 Å². The first-order chi connectivity index (χ1) is 7.86. The lowest BCUT2D eigenvalue weighted by Crippen LogP contribution is -2.30. The maximum absolute atomic E-state index is 6.07. The van der Waals surface area contributed by atoms with Crippen LogP contribution in [0.25, 0.3) is 16.7 Å². The average molecular weight is 212 g/mol. The van der Waals surface area contributed by atoms with Crippen molar-refractivity contribution in [2.75, 3.05) is 5.73 Å². The van der Waals surface area contributed by atoms with Crippen molar-refractivity contribution in [2.24, 2.45) is 0 Å². The lowest BCUT2D eigenvalue weighted by Gasteiger charge is -1.99. The molecule has 0 aliphatic heterocycles. The summed E-state index contributed by atoms with van der Waals surface area (Å²) in [5.41, 5.74) is 8.31. The van der Waals surface area contributed by atoms with Crippen molar-refractivity contribution in [1.29, 1.82) is 0 Å². The third-order valence-corrected chi connectivity index (χ3v) is 2.50. The standard InChI is InChI=1S/C11H10N5/c12-10-8-6-14-15-11(8)13-7-9(10)16-4-2-1-3-5-16/h1-7H,(H3,12,13,14,15)/q+1. The summed E-state index contributed by atoms with van der Waals surface area (Å²) in [6.45, 7) is 0. The van der Waals surface area contributed by atoms with Crippen LogP contribution < -0.4 is 10.3 Å². The monoisotopic (exact) mass is 212 g/mol. The fourth-order valence-corrected chi connectivity index (χ4v) is 1.67. The number of anilines is 1. The number of aromatic nitrogens is 4. The number of fused-ring (bicyclic) bond motifs is 1. The van der Waals surface area contributed by atoms with Crippen molar-refractivity contribution in [2.45, 2.75) is 0 Å². The third kappa shape index (κ3) is 1.22. The molecule has 5 nitrogen and oxygen atoms in total. The molecule has 3 N–H and O–H groups in total. The van der Waals surface area contributed by atoms with E-state index >= 15 is 0 Å². The molecule has 0 aliphatic carbocycles. The number of nitrogens with one attached hydrogen (secondary N) is 1. The van der Waals surface area contributed by atoms with Gasteiger partial charge in [-0.2, -0.15) is 9.67 Å². The number of rotatable bonds is 1. The zero-order valence-corrected chi connectivity index (χ0v) is 8.46. The second-order valence-electron chi connectivity index (χ2n) is 3.47. The van der Waals surface area contributed by atoms with Crippen LogP contribution in [0.3, 0.4) is 0 Å². The summed E-state index contributed by atoms with van der Waals surface area (Å²) in [6, 6.07) is 5.84. The summed E-state index contributed by atoms with van der Waals surface area (Å²) >= 11 is 0. The second-order valence-corrected chi connectivity index (χ2v) is 3.47. The van der Waals surface area contributed by atoms with Gasteiger partial charge in [0.15, 0.2) is 18.0 Å². The average Bonchev–Trinajstić information content (AvgIpc) is 2.80. The lowest BCUT2D eigenvalue weighted by molar-refractivity contribution is -0.595. The Balaban J connectivity index is 2.28. The zero-order chi connectivity index (χ0) is 11.0. The van der Waals surface area contributed by atoms with E-state index in [1.807, 2.05) is 35.2 Å². The molecular formula is C11H10N5+. The lowest BCUT2D eigenvalue weighted by atomic mass is 10.2. The number of hydrogen-bond donors (Lipinski definition) is 2. The molecule has 0 unspecified atom stereocenters. The van der Waals surface area contributed by atoms with Crippen LogP contribution in [0.5, 0.6) is 0 Å². The van der Waals surface area contributed by atoms with Gasteiger partial charge in [0.1, 0.15) is 11.9 Å². The van der Waals surface area contributed by atoms with Crippen LogP contribution in [-0.4, -0.2) is 15.2 Å². The van der Waals surface area contributed by atoms with Crippen LogP contribution >= 0.6 is 0 Å². The van der Waals surface area contributed by atoms with Gasteiger partial charge < -0.3 is 5.73 Å². The van der Waals surface area contributed by atoms with E-state index < -0.39 is 0 Å². The van der Waals surface area contributed by atoms with E-state index in [-0.39, 0.29) is 0 Å². The Labute approximate surface area is 91.6 Å². The van der Waals surface area contributed by atoms with Gasteiger partial charge in [-0.15, -0.1) is 0 Å². The minimum atomic E-state index is 0.676. The SMILES string of the molecule is Nc1c(-[n+]2ccccc2)cnc2[nH]ncc12. The number of pyridine rings is 2. The highest BCUT2D eigenvalue weighted by atomic mass is 15.1. The Morgan fingerprint density at radius 2 is 1.94 bits per heavy atom. The molecule has 0 spiro atoms. The maximum Gasteiger partial charge on any atom is 0.253 e. The van der Waals surface area contributed by atoms with Crippen LogP contribution in [0.15, 0.2) is 43.0 Å².